The molecule has 0 bridgehead atoms. The van der Waals surface area contributed by atoms with E-state index < -0.39 is 11.1 Å². The number of carbonyl (C=O) groups excluding carboxylic acids is 1. The van der Waals surface area contributed by atoms with Crippen LogP contribution in [0.15, 0.2) is 78.0 Å². The first-order chi connectivity index (χ1) is 16.7. The van der Waals surface area contributed by atoms with E-state index in [1.165, 1.54) is 17.8 Å². The van der Waals surface area contributed by atoms with Crippen LogP contribution in [0.1, 0.15) is 43.6 Å². The third kappa shape index (κ3) is 5.30. The van der Waals surface area contributed by atoms with Gasteiger partial charge < -0.3 is 4.74 Å². The number of ether oxygens (including phenoxy) is 1. The van der Waals surface area contributed by atoms with Gasteiger partial charge in [0, 0.05) is 11.1 Å². The maximum absolute atomic E-state index is 14.9. The third-order valence-corrected chi connectivity index (χ3v) is 6.80. The fourth-order valence-electron chi connectivity index (χ4n) is 3.70. The average Bonchev–Trinajstić information content (AvgIpc) is 3.26. The van der Waals surface area contributed by atoms with Crippen LogP contribution in [0.5, 0.6) is 5.75 Å². The maximum Gasteiger partial charge on any atom is 0.196 e. The molecule has 4 rings (SSSR count). The highest BCUT2D eigenvalue weighted by molar-refractivity contribution is 8.00. The van der Waals surface area contributed by atoms with Gasteiger partial charge in [0.2, 0.25) is 0 Å². The lowest BCUT2D eigenvalue weighted by Gasteiger charge is -2.19. The van der Waals surface area contributed by atoms with Crippen molar-refractivity contribution in [2.24, 2.45) is 0 Å². The minimum atomic E-state index is -0.450. The third-order valence-electron chi connectivity index (χ3n) is 5.76. The molecule has 0 N–H and O–H groups in total. The molecule has 180 valence electrons. The van der Waals surface area contributed by atoms with Gasteiger partial charge >= 0.3 is 0 Å². The fraction of sp³-hybridized carbons (Fsp3) is 0.250. The number of halogens is 1. The van der Waals surface area contributed by atoms with Crippen LogP contribution in [0.25, 0.3) is 17.1 Å². The van der Waals surface area contributed by atoms with Gasteiger partial charge in [0.25, 0.3) is 0 Å². The number of carbonyl (C=O) groups is 1. The zero-order valence-electron chi connectivity index (χ0n) is 20.4. The Labute approximate surface area is 209 Å². The minimum Gasteiger partial charge on any atom is -0.497 e. The highest BCUT2D eigenvalue weighted by Crippen LogP contribution is 2.33. The summed E-state index contributed by atoms with van der Waals surface area (Å²) in [6.45, 7) is 8.24. The molecule has 0 unspecified atom stereocenters. The van der Waals surface area contributed by atoms with Crippen molar-refractivity contribution in [2.75, 3.05) is 7.11 Å². The van der Waals surface area contributed by atoms with Crippen LogP contribution in [0.3, 0.4) is 0 Å². The summed E-state index contributed by atoms with van der Waals surface area (Å²) in [4.78, 5) is 13.2. The molecule has 0 saturated heterocycles. The van der Waals surface area contributed by atoms with Gasteiger partial charge in [-0.05, 0) is 54.3 Å². The molecule has 0 amide bonds. The lowest BCUT2D eigenvalue weighted by Crippen LogP contribution is -2.16. The molecule has 3 aromatic carbocycles. The van der Waals surface area contributed by atoms with Crippen LogP contribution >= 0.6 is 11.8 Å². The van der Waals surface area contributed by atoms with E-state index in [0.717, 1.165) is 11.1 Å². The Balaban J connectivity index is 1.68. The molecule has 0 spiro atoms. The van der Waals surface area contributed by atoms with E-state index in [-0.39, 0.29) is 11.2 Å². The van der Waals surface area contributed by atoms with E-state index in [2.05, 4.69) is 31.0 Å². The van der Waals surface area contributed by atoms with Gasteiger partial charge in [0.05, 0.1) is 18.0 Å². The van der Waals surface area contributed by atoms with Crippen LogP contribution < -0.4 is 4.74 Å². The van der Waals surface area contributed by atoms with Gasteiger partial charge in [-0.1, -0.05) is 68.9 Å². The molecule has 1 aromatic heterocycles. The van der Waals surface area contributed by atoms with Crippen LogP contribution in [-0.2, 0) is 5.41 Å². The molecule has 4 aromatic rings. The lowest BCUT2D eigenvalue weighted by molar-refractivity contribution is 0.0994. The van der Waals surface area contributed by atoms with Crippen LogP contribution in [0.2, 0.25) is 0 Å². The predicted molar refractivity (Wildman–Crippen MR) is 138 cm³/mol. The highest BCUT2D eigenvalue weighted by Gasteiger charge is 2.24. The van der Waals surface area contributed by atoms with Crippen LogP contribution in [0, 0.1) is 5.82 Å². The van der Waals surface area contributed by atoms with E-state index in [0.29, 0.717) is 28.0 Å². The number of nitrogens with zero attached hydrogens (tertiary/aromatic N) is 3. The topological polar surface area (TPSA) is 57.0 Å². The molecule has 5 nitrogen and oxygen atoms in total. The minimum absolute atomic E-state index is 0.00990. The first-order valence-corrected chi connectivity index (χ1v) is 12.2. The van der Waals surface area contributed by atoms with Crippen molar-refractivity contribution in [2.45, 2.75) is 43.5 Å². The number of hydrogen-bond donors (Lipinski definition) is 0. The molecule has 0 saturated carbocycles. The Morgan fingerprint density at radius 2 is 1.63 bits per heavy atom. The standard InChI is InChI=1S/C28H28FN3O2S/c1-18(25(33)19-10-14-21(15-11-19)28(2,3)4)35-27-31-30-26(20-12-16-22(34-5)17-13-20)32(27)24-9-7-6-8-23(24)29/h6-18H,1-5H3/t18-/m1/s1. The molecule has 1 atom stereocenters. The Kier molecular flexibility index (Phi) is 7.08. The largest absolute Gasteiger partial charge is 0.497 e. The summed E-state index contributed by atoms with van der Waals surface area (Å²) in [7, 11) is 1.60. The number of Topliss-reactive ketones (excluding diaryl/α,β-unsaturated/α-hetero) is 1. The summed E-state index contributed by atoms with van der Waals surface area (Å²) in [6, 6.07) is 21.5. The molecule has 1 heterocycles. The van der Waals surface area contributed by atoms with E-state index >= 15 is 0 Å². The van der Waals surface area contributed by atoms with Gasteiger partial charge in [-0.2, -0.15) is 0 Å². The second-order valence-electron chi connectivity index (χ2n) is 9.27. The van der Waals surface area contributed by atoms with Gasteiger partial charge in [0.1, 0.15) is 11.6 Å². The molecule has 0 aliphatic heterocycles. The maximum atomic E-state index is 14.9. The van der Waals surface area contributed by atoms with Crippen molar-refractivity contribution in [3.63, 3.8) is 0 Å². The summed E-state index contributed by atoms with van der Waals surface area (Å²) in [5.74, 6) is 0.761. The lowest BCUT2D eigenvalue weighted by atomic mass is 9.86. The second-order valence-corrected chi connectivity index (χ2v) is 10.6. The van der Waals surface area contributed by atoms with Gasteiger partial charge in [-0.3, -0.25) is 9.36 Å². The molecule has 0 aliphatic carbocycles. The quantitative estimate of drug-likeness (QED) is 0.212. The summed E-state index contributed by atoms with van der Waals surface area (Å²) >= 11 is 1.26. The number of hydrogen-bond acceptors (Lipinski definition) is 5. The summed E-state index contributed by atoms with van der Waals surface area (Å²) in [5, 5.41) is 8.69. The number of thioether (sulfide) groups is 1. The van der Waals surface area contributed by atoms with E-state index in [9.17, 15) is 9.18 Å². The van der Waals surface area contributed by atoms with E-state index in [1.54, 1.807) is 29.9 Å². The number of methoxy groups -OCH3 is 1. The first-order valence-electron chi connectivity index (χ1n) is 11.3. The predicted octanol–water partition coefficient (Wildman–Crippen LogP) is 6.74. The van der Waals surface area contributed by atoms with Crippen molar-refractivity contribution >= 4 is 17.5 Å². The van der Waals surface area contributed by atoms with Crippen LogP contribution in [0.4, 0.5) is 4.39 Å². The SMILES string of the molecule is COc1ccc(-c2nnc(S[C@H](C)C(=O)c3ccc(C(C)(C)C)cc3)n2-c2ccccc2F)cc1. The van der Waals surface area contributed by atoms with Crippen molar-refractivity contribution in [3.8, 4) is 22.8 Å². The van der Waals surface area contributed by atoms with E-state index in [1.807, 2.05) is 55.5 Å². The van der Waals surface area contributed by atoms with E-state index in [4.69, 9.17) is 4.74 Å². The summed E-state index contributed by atoms with van der Waals surface area (Å²) < 4.78 is 21.8. The zero-order chi connectivity index (χ0) is 25.2. The first kappa shape index (κ1) is 24.7. The number of rotatable bonds is 7. The van der Waals surface area contributed by atoms with Crippen molar-refractivity contribution < 1.29 is 13.9 Å². The monoisotopic (exact) mass is 489 g/mol. The number of para-hydroxylation sites is 1. The second kappa shape index (κ2) is 10.0. The Morgan fingerprint density at radius 1 is 0.971 bits per heavy atom. The molecular formula is C28H28FN3O2S. The van der Waals surface area contributed by atoms with Gasteiger partial charge in [0.15, 0.2) is 16.8 Å². The molecule has 0 aliphatic rings. The molecular weight excluding hydrogens is 461 g/mol. The average molecular weight is 490 g/mol. The molecule has 0 fully saturated rings. The Morgan fingerprint density at radius 3 is 2.23 bits per heavy atom. The summed E-state index contributed by atoms with van der Waals surface area (Å²) in [5.41, 5.74) is 2.88. The van der Waals surface area contributed by atoms with Crippen molar-refractivity contribution in [3.05, 3.63) is 89.7 Å². The van der Waals surface area contributed by atoms with Crippen LogP contribution in [-0.4, -0.2) is 32.9 Å². The fourth-order valence-corrected chi connectivity index (χ4v) is 4.64. The molecule has 7 heteroatoms. The normalized spacial score (nSPS) is 12.4. The highest BCUT2D eigenvalue weighted by atomic mass is 32.2. The number of ketones is 1. The number of benzene rings is 3. The molecule has 35 heavy (non-hydrogen) atoms. The Hall–Kier alpha value is -3.45. The van der Waals surface area contributed by atoms with Crippen molar-refractivity contribution in [1.29, 1.82) is 0 Å². The summed E-state index contributed by atoms with van der Waals surface area (Å²) in [6.07, 6.45) is 0. The number of aromatic nitrogens is 3. The Bertz CT molecular complexity index is 1330. The van der Waals surface area contributed by atoms with Gasteiger partial charge in [-0.15, -0.1) is 10.2 Å². The van der Waals surface area contributed by atoms with Gasteiger partial charge in [-0.25, -0.2) is 4.39 Å². The van der Waals surface area contributed by atoms with Crippen molar-refractivity contribution in [1.82, 2.24) is 14.8 Å². The molecule has 0 radical (unpaired) electrons. The zero-order valence-corrected chi connectivity index (χ0v) is 21.3. The smallest absolute Gasteiger partial charge is 0.196 e.